The monoisotopic (exact) mass is 808 g/mol. The van der Waals surface area contributed by atoms with Gasteiger partial charge in [-0.3, -0.25) is 0 Å². The van der Waals surface area contributed by atoms with Crippen LogP contribution in [0.25, 0.3) is 0 Å². The summed E-state index contributed by atoms with van der Waals surface area (Å²) in [5.74, 6) is 0. The van der Waals surface area contributed by atoms with E-state index >= 15 is 0 Å². The van der Waals surface area contributed by atoms with Gasteiger partial charge in [-0.25, -0.2) is 0 Å². The van der Waals surface area contributed by atoms with Crippen LogP contribution in [0.15, 0.2) is 0 Å². The summed E-state index contributed by atoms with van der Waals surface area (Å²) in [4.78, 5) is 0. The molecule has 0 aromatic heterocycles. The predicted octanol–water partition coefficient (Wildman–Crippen LogP) is 11.0. The first-order valence-corrected chi connectivity index (χ1v) is 43.9. The van der Waals surface area contributed by atoms with Gasteiger partial charge in [0.1, 0.15) is 0 Å². The van der Waals surface area contributed by atoms with E-state index < -0.39 is 26.2 Å². The molecule has 0 saturated heterocycles. The van der Waals surface area contributed by atoms with E-state index in [9.17, 15) is 0 Å². The molecule has 0 heterocycles. The fourth-order valence-electron chi connectivity index (χ4n) is 4.61. The topological polar surface area (TPSA) is 0 Å². The standard InChI is InChI=1S/2C6H18AsSi2.4C4H9.2Ga/c2*1-8(2,3)7-9(4,5)6;4*1-4(2)3;;/h2*1-6H3;4*1-3H3;;. The van der Waals surface area contributed by atoms with Crippen molar-refractivity contribution in [2.24, 2.45) is 0 Å². The van der Waals surface area contributed by atoms with Gasteiger partial charge in [-0.05, 0) is 0 Å². The summed E-state index contributed by atoms with van der Waals surface area (Å²) in [6, 6.07) is 0. The second kappa shape index (κ2) is 17.4. The van der Waals surface area contributed by atoms with Gasteiger partial charge in [-0.1, -0.05) is 0 Å². The molecular formula is C28H72As2Ga2Si4. The van der Waals surface area contributed by atoms with Crippen molar-refractivity contribution in [3.8, 4) is 0 Å². The third-order valence-corrected chi connectivity index (χ3v) is 71.7. The average Bonchev–Trinajstić information content (AvgIpc) is 2.19. The molecule has 0 unspecified atom stereocenters. The summed E-state index contributed by atoms with van der Waals surface area (Å²) in [6.45, 7) is 55.8. The molecular weight excluding hydrogens is 738 g/mol. The van der Waals surface area contributed by atoms with Crippen molar-refractivity contribution in [2.75, 3.05) is 0 Å². The van der Waals surface area contributed by atoms with Crippen LogP contribution in [0.2, 0.25) is 94.4 Å². The minimum atomic E-state index is -0.637. The zero-order valence-electron chi connectivity index (χ0n) is 30.0. The molecule has 0 aromatic rings. The van der Waals surface area contributed by atoms with Crippen LogP contribution in [0.1, 0.15) is 83.1 Å². The van der Waals surface area contributed by atoms with Gasteiger partial charge in [-0.15, -0.1) is 0 Å². The first-order valence-electron chi connectivity index (χ1n) is 14.0. The van der Waals surface area contributed by atoms with Crippen LogP contribution in [0, 0.1) is 0 Å². The van der Waals surface area contributed by atoms with E-state index in [1.54, 1.807) is 0 Å². The molecule has 0 amide bonds. The Morgan fingerprint density at radius 2 is 0.417 bits per heavy atom. The Morgan fingerprint density at radius 1 is 0.306 bits per heavy atom. The van der Waals surface area contributed by atoms with Crippen molar-refractivity contribution in [3.05, 3.63) is 0 Å². The molecule has 4 radical (unpaired) electrons. The molecule has 0 spiro atoms. The molecule has 8 heteroatoms. The maximum absolute atomic E-state index is 2.51. The molecule has 0 aromatic carbocycles. The Kier molecular flexibility index (Phi) is 22.3. The summed E-state index contributed by atoms with van der Waals surface area (Å²) in [6.07, 6.45) is 0. The summed E-state index contributed by atoms with van der Waals surface area (Å²) < 4.78 is 2.56. The van der Waals surface area contributed by atoms with E-state index in [1.807, 2.05) is 0 Å². The zero-order chi connectivity index (χ0) is 30.8. The minimum absolute atomic E-state index is 0.0625. The van der Waals surface area contributed by atoms with E-state index in [2.05, 4.69) is 162 Å². The Hall–Kier alpha value is 3.26. The summed E-state index contributed by atoms with van der Waals surface area (Å²) in [7, 11) is 0. The predicted molar refractivity (Wildman–Crippen MR) is 195 cm³/mol. The third kappa shape index (κ3) is 65.9. The Labute approximate surface area is 264 Å². The Balaban J connectivity index is -0.000000190. The van der Waals surface area contributed by atoms with E-state index in [1.165, 1.54) is 0 Å². The molecule has 36 heavy (non-hydrogen) atoms. The second-order valence-corrected chi connectivity index (χ2v) is 95.8. The van der Waals surface area contributed by atoms with Crippen molar-refractivity contribution in [2.45, 2.75) is 178 Å². The van der Waals surface area contributed by atoms with Crippen LogP contribution in [-0.2, 0) is 0 Å². The van der Waals surface area contributed by atoms with Crippen molar-refractivity contribution >= 4 is 89.8 Å². The second-order valence-electron chi connectivity index (χ2n) is 18.7. The fraction of sp³-hybridized carbons (Fsp3) is 1.00. The third-order valence-electron chi connectivity index (χ3n) is 3.07. The van der Waals surface area contributed by atoms with Crippen molar-refractivity contribution in [3.63, 3.8) is 0 Å². The molecule has 0 saturated carbocycles. The van der Waals surface area contributed by atoms with Crippen molar-refractivity contribution in [1.82, 2.24) is 0 Å². The van der Waals surface area contributed by atoms with Crippen LogP contribution in [0.5, 0.6) is 0 Å². The molecule has 0 N–H and O–H groups in total. The van der Waals surface area contributed by atoms with Gasteiger partial charge in [0.2, 0.25) is 0 Å². The summed E-state index contributed by atoms with van der Waals surface area (Å²) in [5.41, 5.74) is 0. The van der Waals surface area contributed by atoms with Gasteiger partial charge in [0.15, 0.2) is 0 Å². The fourth-order valence-corrected chi connectivity index (χ4v) is 108. The molecule has 0 nitrogen and oxygen atoms in total. The van der Waals surface area contributed by atoms with Gasteiger partial charge in [0.05, 0.1) is 0 Å². The molecule has 0 fully saturated rings. The Bertz CT molecular complexity index is 404. The van der Waals surface area contributed by atoms with Crippen LogP contribution in [0.3, 0.4) is 0 Å². The molecule has 0 aliphatic rings. The normalized spacial score (nSPS) is 13.8. The molecule has 0 aliphatic heterocycles. The first kappa shape index (κ1) is 46.2. The molecule has 0 rings (SSSR count). The van der Waals surface area contributed by atoms with E-state index in [0.717, 1.165) is 28.9 Å². The average molecular weight is 811 g/mol. The molecule has 216 valence electrons. The SMILES string of the molecule is C[C](C)(C)[Ga][C](C)(C)C.C[C](C)(C)[Ga][C](C)(C)C.C[Si](C)(C)[As][Si](C)(C)C.C[Si](C)(C)[As][Si](C)(C)C. The van der Waals surface area contributed by atoms with Crippen molar-refractivity contribution < 1.29 is 0 Å². The number of hydrogen-bond acceptors (Lipinski definition) is 0. The molecule has 0 bridgehead atoms. The number of hydrogen-bond donors (Lipinski definition) is 0. The van der Waals surface area contributed by atoms with E-state index in [4.69, 9.17) is 0 Å². The maximum atomic E-state index is 2.51. The van der Waals surface area contributed by atoms with Gasteiger partial charge < -0.3 is 0 Å². The van der Waals surface area contributed by atoms with Gasteiger partial charge >= 0.3 is 267 Å². The van der Waals surface area contributed by atoms with Gasteiger partial charge in [0, 0.05) is 0 Å². The van der Waals surface area contributed by atoms with Gasteiger partial charge in [0.25, 0.3) is 0 Å². The van der Waals surface area contributed by atoms with E-state index in [-0.39, 0.29) is 34.8 Å². The Morgan fingerprint density at radius 3 is 0.417 bits per heavy atom. The van der Waals surface area contributed by atoms with Crippen LogP contribution < -0.4 is 0 Å². The van der Waals surface area contributed by atoms with Gasteiger partial charge in [-0.2, -0.15) is 0 Å². The molecule has 0 aliphatic carbocycles. The zero-order valence-corrected chi connectivity index (χ0v) is 42.6. The van der Waals surface area contributed by atoms with Crippen LogP contribution in [0.4, 0.5) is 0 Å². The molecule has 0 atom stereocenters. The summed E-state index contributed by atoms with van der Waals surface area (Å²) >= 11 is 1.39. The van der Waals surface area contributed by atoms with Crippen LogP contribution in [-0.4, -0.2) is 89.8 Å². The van der Waals surface area contributed by atoms with Crippen molar-refractivity contribution in [1.29, 1.82) is 0 Å². The first-order chi connectivity index (χ1) is 14.8. The number of rotatable bonds is 4. The quantitative estimate of drug-likeness (QED) is 0.248. The summed E-state index contributed by atoms with van der Waals surface area (Å²) in [5, 5.41) is 0. The van der Waals surface area contributed by atoms with Crippen LogP contribution >= 0.6 is 0 Å². The van der Waals surface area contributed by atoms with E-state index in [0.29, 0.717) is 15.9 Å².